The SMILES string of the molecule is Cc1ccc(CN(C)Cc2csc(C)n2)s1. The van der Waals surface area contributed by atoms with Gasteiger partial charge in [-0.05, 0) is 33.0 Å². The van der Waals surface area contributed by atoms with Crippen molar-refractivity contribution >= 4 is 22.7 Å². The summed E-state index contributed by atoms with van der Waals surface area (Å²) in [5.74, 6) is 0. The molecule has 2 nitrogen and oxygen atoms in total. The zero-order valence-corrected chi connectivity index (χ0v) is 11.5. The van der Waals surface area contributed by atoms with Gasteiger partial charge in [-0.15, -0.1) is 22.7 Å². The van der Waals surface area contributed by atoms with Crippen molar-refractivity contribution in [3.8, 4) is 0 Å². The molecule has 0 fully saturated rings. The summed E-state index contributed by atoms with van der Waals surface area (Å²) in [5, 5.41) is 3.29. The van der Waals surface area contributed by atoms with Gasteiger partial charge in [0.25, 0.3) is 0 Å². The molecule has 0 bridgehead atoms. The Kier molecular flexibility index (Phi) is 3.74. The molecule has 2 aromatic rings. The van der Waals surface area contributed by atoms with Gasteiger partial charge < -0.3 is 0 Å². The summed E-state index contributed by atoms with van der Waals surface area (Å²) in [6, 6.07) is 4.39. The van der Waals surface area contributed by atoms with E-state index >= 15 is 0 Å². The van der Waals surface area contributed by atoms with Crippen LogP contribution in [0.15, 0.2) is 17.5 Å². The van der Waals surface area contributed by atoms with Gasteiger partial charge in [-0.2, -0.15) is 0 Å². The van der Waals surface area contributed by atoms with Gasteiger partial charge in [0.15, 0.2) is 0 Å². The van der Waals surface area contributed by atoms with E-state index in [2.05, 4.69) is 48.3 Å². The van der Waals surface area contributed by atoms with E-state index < -0.39 is 0 Å². The molecule has 0 aromatic carbocycles. The number of thiazole rings is 1. The average molecular weight is 252 g/mol. The smallest absolute Gasteiger partial charge is 0.0897 e. The molecule has 0 radical (unpaired) electrons. The second-order valence-corrected chi connectivity index (χ2v) is 6.48. The molecule has 0 amide bonds. The third-order valence-electron chi connectivity index (χ3n) is 2.32. The maximum atomic E-state index is 4.48. The van der Waals surface area contributed by atoms with E-state index in [1.807, 2.05) is 11.3 Å². The molecule has 4 heteroatoms. The van der Waals surface area contributed by atoms with Crippen LogP contribution in [-0.2, 0) is 13.1 Å². The Hall–Kier alpha value is -0.710. The fraction of sp³-hybridized carbons (Fsp3) is 0.417. The van der Waals surface area contributed by atoms with Crippen LogP contribution in [0.4, 0.5) is 0 Å². The van der Waals surface area contributed by atoms with E-state index in [4.69, 9.17) is 0 Å². The lowest BCUT2D eigenvalue weighted by molar-refractivity contribution is 0.318. The topological polar surface area (TPSA) is 16.1 Å². The quantitative estimate of drug-likeness (QED) is 0.828. The van der Waals surface area contributed by atoms with Crippen LogP contribution in [0.1, 0.15) is 20.5 Å². The van der Waals surface area contributed by atoms with E-state index in [-0.39, 0.29) is 0 Å². The second-order valence-electron chi connectivity index (χ2n) is 4.04. The van der Waals surface area contributed by atoms with Crippen LogP contribution < -0.4 is 0 Å². The summed E-state index contributed by atoms with van der Waals surface area (Å²) in [6.07, 6.45) is 0. The second kappa shape index (κ2) is 5.08. The number of hydrogen-bond acceptors (Lipinski definition) is 4. The molecule has 0 aliphatic rings. The van der Waals surface area contributed by atoms with Crippen molar-refractivity contribution in [2.24, 2.45) is 0 Å². The molecular formula is C12H16N2S2. The highest BCUT2D eigenvalue weighted by molar-refractivity contribution is 7.11. The summed E-state index contributed by atoms with van der Waals surface area (Å²) in [4.78, 5) is 9.59. The van der Waals surface area contributed by atoms with Crippen LogP contribution in [-0.4, -0.2) is 16.9 Å². The highest BCUT2D eigenvalue weighted by Crippen LogP contribution is 2.18. The van der Waals surface area contributed by atoms with Crippen molar-refractivity contribution < 1.29 is 0 Å². The Morgan fingerprint density at radius 1 is 1.25 bits per heavy atom. The zero-order chi connectivity index (χ0) is 11.5. The normalized spacial score (nSPS) is 11.2. The maximum absolute atomic E-state index is 4.48. The van der Waals surface area contributed by atoms with Gasteiger partial charge in [0.1, 0.15) is 0 Å². The molecule has 0 unspecified atom stereocenters. The summed E-state index contributed by atoms with van der Waals surface area (Å²) in [7, 11) is 2.14. The van der Waals surface area contributed by atoms with Crippen LogP contribution in [0.3, 0.4) is 0 Å². The van der Waals surface area contributed by atoms with Crippen molar-refractivity contribution in [3.05, 3.63) is 38.0 Å². The Bertz CT molecular complexity index is 417. The van der Waals surface area contributed by atoms with E-state index in [1.165, 1.54) is 15.4 Å². The van der Waals surface area contributed by atoms with Crippen LogP contribution >= 0.6 is 22.7 Å². The number of thiophene rings is 1. The van der Waals surface area contributed by atoms with Crippen LogP contribution in [0.25, 0.3) is 0 Å². The van der Waals surface area contributed by atoms with E-state index in [1.54, 1.807) is 11.3 Å². The van der Waals surface area contributed by atoms with E-state index in [0.717, 1.165) is 18.1 Å². The molecule has 2 rings (SSSR count). The highest BCUT2D eigenvalue weighted by Gasteiger charge is 2.05. The average Bonchev–Trinajstić information content (AvgIpc) is 2.76. The molecule has 0 N–H and O–H groups in total. The number of nitrogens with zero attached hydrogens (tertiary/aromatic N) is 2. The number of hydrogen-bond donors (Lipinski definition) is 0. The van der Waals surface area contributed by atoms with Crippen molar-refractivity contribution in [2.75, 3.05) is 7.05 Å². The number of aromatic nitrogens is 1. The fourth-order valence-electron chi connectivity index (χ4n) is 1.65. The first kappa shape index (κ1) is 11.8. The summed E-state index contributed by atoms with van der Waals surface area (Å²) < 4.78 is 0. The lowest BCUT2D eigenvalue weighted by atomic mass is 10.4. The van der Waals surface area contributed by atoms with Crippen LogP contribution in [0, 0.1) is 13.8 Å². The Labute approximate surface area is 105 Å². The molecule has 0 saturated carbocycles. The van der Waals surface area contributed by atoms with Crippen molar-refractivity contribution in [1.82, 2.24) is 9.88 Å². The highest BCUT2D eigenvalue weighted by atomic mass is 32.1. The maximum Gasteiger partial charge on any atom is 0.0897 e. The standard InChI is InChI=1S/C12H16N2S2/c1-9-4-5-12(16-9)7-14(3)6-11-8-15-10(2)13-11/h4-5,8H,6-7H2,1-3H3. The molecule has 0 saturated heterocycles. The van der Waals surface area contributed by atoms with Crippen LogP contribution in [0.5, 0.6) is 0 Å². The fourth-order valence-corrected chi connectivity index (χ4v) is 3.22. The molecule has 2 heterocycles. The van der Waals surface area contributed by atoms with Gasteiger partial charge in [-0.3, -0.25) is 4.90 Å². The predicted molar refractivity (Wildman–Crippen MR) is 71.1 cm³/mol. The zero-order valence-electron chi connectivity index (χ0n) is 9.86. The first-order valence-corrected chi connectivity index (χ1v) is 6.98. The summed E-state index contributed by atoms with van der Waals surface area (Å²) in [6.45, 7) is 6.14. The first-order valence-electron chi connectivity index (χ1n) is 5.28. The molecule has 0 spiro atoms. The van der Waals surface area contributed by atoms with Crippen LogP contribution in [0.2, 0.25) is 0 Å². The monoisotopic (exact) mass is 252 g/mol. The lowest BCUT2D eigenvalue weighted by Gasteiger charge is -2.13. The first-order chi connectivity index (χ1) is 7.63. The van der Waals surface area contributed by atoms with Gasteiger partial charge >= 0.3 is 0 Å². The van der Waals surface area contributed by atoms with Gasteiger partial charge in [-0.1, -0.05) is 0 Å². The number of aryl methyl sites for hydroxylation is 2. The Balaban J connectivity index is 1.91. The van der Waals surface area contributed by atoms with E-state index in [0.29, 0.717) is 0 Å². The molecule has 0 atom stereocenters. The minimum atomic E-state index is 0.932. The molecular weight excluding hydrogens is 236 g/mol. The van der Waals surface area contributed by atoms with Gasteiger partial charge in [0.2, 0.25) is 0 Å². The summed E-state index contributed by atoms with van der Waals surface area (Å²) in [5.41, 5.74) is 1.18. The molecule has 86 valence electrons. The molecule has 0 aliphatic heterocycles. The van der Waals surface area contributed by atoms with Crippen molar-refractivity contribution in [1.29, 1.82) is 0 Å². The Morgan fingerprint density at radius 3 is 2.62 bits per heavy atom. The van der Waals surface area contributed by atoms with Gasteiger partial charge in [0, 0.05) is 28.2 Å². The molecule has 16 heavy (non-hydrogen) atoms. The van der Waals surface area contributed by atoms with Crippen molar-refractivity contribution in [2.45, 2.75) is 26.9 Å². The number of rotatable bonds is 4. The lowest BCUT2D eigenvalue weighted by Crippen LogP contribution is -2.16. The van der Waals surface area contributed by atoms with E-state index in [9.17, 15) is 0 Å². The minimum absolute atomic E-state index is 0.932. The molecule has 2 aromatic heterocycles. The Morgan fingerprint density at radius 2 is 2.06 bits per heavy atom. The van der Waals surface area contributed by atoms with Gasteiger partial charge in [-0.25, -0.2) is 4.98 Å². The third kappa shape index (κ3) is 3.14. The van der Waals surface area contributed by atoms with Gasteiger partial charge in [0.05, 0.1) is 10.7 Å². The molecule has 0 aliphatic carbocycles. The largest absolute Gasteiger partial charge is 0.295 e. The minimum Gasteiger partial charge on any atom is -0.295 e. The summed E-state index contributed by atoms with van der Waals surface area (Å²) >= 11 is 3.59. The third-order valence-corrected chi connectivity index (χ3v) is 4.13. The van der Waals surface area contributed by atoms with Crippen molar-refractivity contribution in [3.63, 3.8) is 0 Å². The predicted octanol–water partition coefficient (Wildman–Crippen LogP) is 3.45.